The zero-order chi connectivity index (χ0) is 30.6. The van der Waals surface area contributed by atoms with Crippen molar-refractivity contribution in [2.45, 2.75) is 24.7 Å². The van der Waals surface area contributed by atoms with E-state index in [0.717, 1.165) is 34.8 Å². The number of nitrogens with zero attached hydrogens (tertiary/aromatic N) is 3. The largest absolute Gasteiger partial charge is 0.507 e. The minimum Gasteiger partial charge on any atom is -0.507 e. The Labute approximate surface area is 243 Å². The lowest BCUT2D eigenvalue weighted by Crippen LogP contribution is -2.50. The molecule has 1 atom stereocenters. The highest BCUT2D eigenvalue weighted by atomic mass is 19.4. The van der Waals surface area contributed by atoms with Crippen LogP contribution in [0.15, 0.2) is 107 Å². The Morgan fingerprint density at radius 2 is 1.72 bits per heavy atom. The van der Waals surface area contributed by atoms with Crippen LogP contribution in [0, 0.1) is 0 Å². The SMILES string of the molecule is O=C1C(=NNC2(C(=O)O)C=CC=C(c3ccccc3O)C2)C(COCc2ccccc2)=NN1c1ccc(C(F)(F)F)cc1. The molecule has 9 nitrogen and oxygen atoms in total. The number of anilines is 1. The quantitative estimate of drug-likeness (QED) is 0.297. The molecule has 0 spiro atoms. The zero-order valence-corrected chi connectivity index (χ0v) is 22.5. The molecule has 0 fully saturated rings. The number of carboxylic acid groups (broad SMARTS) is 1. The predicted octanol–water partition coefficient (Wildman–Crippen LogP) is 5.14. The van der Waals surface area contributed by atoms with Gasteiger partial charge in [0.05, 0.1) is 24.5 Å². The summed E-state index contributed by atoms with van der Waals surface area (Å²) in [5, 5.41) is 29.8. The number of halogens is 3. The number of hydrogen-bond acceptors (Lipinski definition) is 7. The highest BCUT2D eigenvalue weighted by molar-refractivity contribution is 6.71. The first kappa shape index (κ1) is 29.3. The lowest BCUT2D eigenvalue weighted by molar-refractivity contribution is -0.142. The van der Waals surface area contributed by atoms with E-state index < -0.39 is 29.2 Å². The molecule has 1 amide bonds. The maximum atomic E-state index is 13.5. The molecule has 12 heteroatoms. The van der Waals surface area contributed by atoms with Gasteiger partial charge in [-0.05, 0) is 47.5 Å². The summed E-state index contributed by atoms with van der Waals surface area (Å²) in [7, 11) is 0. The Bertz CT molecular complexity index is 1650. The van der Waals surface area contributed by atoms with E-state index in [1.54, 1.807) is 24.3 Å². The van der Waals surface area contributed by atoms with Gasteiger partial charge in [-0.1, -0.05) is 60.7 Å². The second-order valence-electron chi connectivity index (χ2n) is 9.78. The third-order valence-corrected chi connectivity index (χ3v) is 6.82. The molecule has 220 valence electrons. The normalized spacial score (nSPS) is 19.4. The summed E-state index contributed by atoms with van der Waals surface area (Å²) in [5.41, 5.74) is 1.57. The van der Waals surface area contributed by atoms with Crippen LogP contribution in [0.4, 0.5) is 18.9 Å². The van der Waals surface area contributed by atoms with E-state index in [2.05, 4.69) is 15.6 Å². The van der Waals surface area contributed by atoms with Crippen LogP contribution in [0.25, 0.3) is 5.57 Å². The van der Waals surface area contributed by atoms with Gasteiger partial charge in [0.1, 0.15) is 11.5 Å². The number of allylic oxidation sites excluding steroid dienone is 2. The smallest absolute Gasteiger partial charge is 0.416 e. The molecule has 0 radical (unpaired) electrons. The van der Waals surface area contributed by atoms with Gasteiger partial charge in [0.25, 0.3) is 0 Å². The standard InChI is InChI=1S/C31H25F3N4O5/c32-31(33,34)22-12-14-23(15-13-22)38-28(40)27(25(36-38)19-43-18-20-7-2-1-3-8-20)35-37-30(29(41)42)16-6-9-21(17-30)24-10-4-5-11-26(24)39/h1-16,37,39H,17-19H2,(H,41,42). The van der Waals surface area contributed by atoms with Gasteiger partial charge < -0.3 is 14.9 Å². The van der Waals surface area contributed by atoms with E-state index in [0.29, 0.717) is 11.1 Å². The molecule has 0 saturated carbocycles. The van der Waals surface area contributed by atoms with Crippen molar-refractivity contribution in [1.29, 1.82) is 0 Å². The van der Waals surface area contributed by atoms with Crippen molar-refractivity contribution in [3.8, 4) is 5.75 Å². The summed E-state index contributed by atoms with van der Waals surface area (Å²) in [6.45, 7) is -0.0250. The number of phenols is 1. The molecule has 2 aliphatic rings. The number of alkyl halides is 3. The van der Waals surface area contributed by atoms with Crippen molar-refractivity contribution in [3.05, 3.63) is 114 Å². The van der Waals surface area contributed by atoms with E-state index >= 15 is 0 Å². The summed E-state index contributed by atoms with van der Waals surface area (Å²) in [5.74, 6) is -2.11. The minimum absolute atomic E-state index is 0.0298. The Kier molecular flexibility index (Phi) is 8.13. The molecule has 1 unspecified atom stereocenters. The Morgan fingerprint density at radius 1 is 1.02 bits per heavy atom. The summed E-state index contributed by atoms with van der Waals surface area (Å²) in [6, 6.07) is 19.5. The predicted molar refractivity (Wildman–Crippen MR) is 153 cm³/mol. The average Bonchev–Trinajstić information content (AvgIpc) is 3.31. The highest BCUT2D eigenvalue weighted by Gasteiger charge is 2.41. The van der Waals surface area contributed by atoms with Crippen molar-refractivity contribution in [3.63, 3.8) is 0 Å². The number of aromatic hydroxyl groups is 1. The third kappa shape index (κ3) is 6.33. The number of benzene rings is 3. The maximum Gasteiger partial charge on any atom is 0.416 e. The summed E-state index contributed by atoms with van der Waals surface area (Å²) < 4.78 is 45.0. The molecule has 0 saturated heterocycles. The molecule has 3 aromatic carbocycles. The molecule has 1 aliphatic heterocycles. The zero-order valence-electron chi connectivity index (χ0n) is 22.5. The molecule has 0 aromatic heterocycles. The van der Waals surface area contributed by atoms with Gasteiger partial charge in [0, 0.05) is 12.0 Å². The second kappa shape index (κ2) is 11.9. The highest BCUT2D eigenvalue weighted by Crippen LogP contribution is 2.35. The van der Waals surface area contributed by atoms with Crippen molar-refractivity contribution < 1.29 is 37.7 Å². The number of hydrazone groups is 2. The van der Waals surface area contributed by atoms with Gasteiger partial charge in [-0.3, -0.25) is 10.2 Å². The molecule has 1 heterocycles. The minimum atomic E-state index is -4.56. The number of carbonyl (C=O) groups is 2. The average molecular weight is 591 g/mol. The lowest BCUT2D eigenvalue weighted by Gasteiger charge is -2.29. The molecule has 0 bridgehead atoms. The fourth-order valence-electron chi connectivity index (χ4n) is 4.56. The van der Waals surface area contributed by atoms with Crippen LogP contribution in [-0.4, -0.2) is 45.7 Å². The Hall–Kier alpha value is -5.23. The number of carboxylic acids is 1. The second-order valence-corrected chi connectivity index (χ2v) is 9.78. The topological polar surface area (TPSA) is 124 Å². The van der Waals surface area contributed by atoms with Gasteiger partial charge in [0.15, 0.2) is 11.3 Å². The van der Waals surface area contributed by atoms with Crippen molar-refractivity contribution in [1.82, 2.24) is 5.43 Å². The van der Waals surface area contributed by atoms with Crippen molar-refractivity contribution in [2.24, 2.45) is 10.2 Å². The van der Waals surface area contributed by atoms with Gasteiger partial charge in [-0.25, -0.2) is 4.79 Å². The van der Waals surface area contributed by atoms with E-state index in [1.165, 1.54) is 18.2 Å². The number of ether oxygens (including phenoxy) is 1. The first-order valence-electron chi connectivity index (χ1n) is 13.0. The fraction of sp³-hybridized carbons (Fsp3) is 0.161. The number of carbonyl (C=O) groups excluding carboxylic acids is 1. The number of phenolic OH excluding ortho intramolecular Hbond substituents is 1. The van der Waals surface area contributed by atoms with Crippen molar-refractivity contribution >= 4 is 34.6 Å². The monoisotopic (exact) mass is 590 g/mol. The van der Waals surface area contributed by atoms with Gasteiger partial charge in [-0.15, -0.1) is 0 Å². The number of rotatable bonds is 9. The van der Waals surface area contributed by atoms with E-state index in [1.807, 2.05) is 30.3 Å². The first-order valence-corrected chi connectivity index (χ1v) is 13.0. The van der Waals surface area contributed by atoms with Gasteiger partial charge in [-0.2, -0.15) is 28.4 Å². The molecule has 5 rings (SSSR count). The summed E-state index contributed by atoms with van der Waals surface area (Å²) >= 11 is 0. The Morgan fingerprint density at radius 3 is 2.40 bits per heavy atom. The van der Waals surface area contributed by atoms with Crippen LogP contribution < -0.4 is 10.4 Å². The fourth-order valence-corrected chi connectivity index (χ4v) is 4.56. The van der Waals surface area contributed by atoms with Crippen LogP contribution in [0.1, 0.15) is 23.1 Å². The summed E-state index contributed by atoms with van der Waals surface area (Å²) in [4.78, 5) is 26.0. The Balaban J connectivity index is 1.43. The van der Waals surface area contributed by atoms with E-state index in [4.69, 9.17) is 4.74 Å². The van der Waals surface area contributed by atoms with Crippen LogP contribution in [-0.2, 0) is 27.1 Å². The molecule has 1 aliphatic carbocycles. The number of aliphatic carboxylic acids is 1. The van der Waals surface area contributed by atoms with E-state index in [-0.39, 0.29) is 42.5 Å². The molecular weight excluding hydrogens is 565 g/mol. The lowest BCUT2D eigenvalue weighted by atomic mass is 9.84. The van der Waals surface area contributed by atoms with Crippen LogP contribution in [0.3, 0.4) is 0 Å². The molecule has 3 aromatic rings. The molecular formula is C31H25F3N4O5. The van der Waals surface area contributed by atoms with Crippen LogP contribution in [0.2, 0.25) is 0 Å². The molecule has 43 heavy (non-hydrogen) atoms. The van der Waals surface area contributed by atoms with Gasteiger partial charge >= 0.3 is 18.1 Å². The number of hydrogen-bond donors (Lipinski definition) is 3. The van der Waals surface area contributed by atoms with Crippen LogP contribution in [0.5, 0.6) is 5.75 Å². The maximum absolute atomic E-state index is 13.5. The molecule has 3 N–H and O–H groups in total. The van der Waals surface area contributed by atoms with Gasteiger partial charge in [0.2, 0.25) is 0 Å². The number of nitrogens with one attached hydrogen (secondary N) is 1. The first-order chi connectivity index (χ1) is 20.6. The van der Waals surface area contributed by atoms with Crippen LogP contribution >= 0.6 is 0 Å². The third-order valence-electron chi connectivity index (χ3n) is 6.82. The summed E-state index contributed by atoms with van der Waals surface area (Å²) in [6.07, 6.45) is -0.135. The number of para-hydroxylation sites is 1. The van der Waals surface area contributed by atoms with E-state index in [9.17, 15) is 33.0 Å². The van der Waals surface area contributed by atoms with Crippen molar-refractivity contribution in [2.75, 3.05) is 11.6 Å². The number of amides is 1.